The Balaban J connectivity index is 1.44. The van der Waals surface area contributed by atoms with Crippen molar-refractivity contribution in [3.63, 3.8) is 0 Å². The molecule has 1 aliphatic rings. The van der Waals surface area contributed by atoms with E-state index in [1.165, 1.54) is 24.3 Å². The van der Waals surface area contributed by atoms with Crippen LogP contribution >= 0.6 is 23.2 Å². The number of ether oxygens (including phenoxy) is 3. The van der Waals surface area contributed by atoms with Gasteiger partial charge in [0, 0.05) is 28.7 Å². The number of halogens is 3. The van der Waals surface area contributed by atoms with Crippen molar-refractivity contribution in [1.29, 1.82) is 0 Å². The molecule has 2 aromatic carbocycles. The van der Waals surface area contributed by atoms with Crippen LogP contribution in [0, 0.1) is 5.82 Å². The van der Waals surface area contributed by atoms with Crippen molar-refractivity contribution in [3.8, 4) is 5.75 Å². The molecular formula is C20H20Cl2FNO4. The molecular weight excluding hydrogens is 408 g/mol. The maximum absolute atomic E-state index is 12.9. The van der Waals surface area contributed by atoms with Crippen LogP contribution in [0.25, 0.3) is 0 Å². The quantitative estimate of drug-likeness (QED) is 0.670. The highest BCUT2D eigenvalue weighted by molar-refractivity contribution is 6.35. The van der Waals surface area contributed by atoms with Gasteiger partial charge in [-0.25, -0.2) is 4.39 Å². The third kappa shape index (κ3) is 5.82. The van der Waals surface area contributed by atoms with E-state index in [0.29, 0.717) is 42.1 Å². The summed E-state index contributed by atoms with van der Waals surface area (Å²) in [5.74, 6) is -0.0703. The first kappa shape index (κ1) is 20.9. The highest BCUT2D eigenvalue weighted by Gasteiger charge is 2.25. The van der Waals surface area contributed by atoms with Crippen LogP contribution in [0.5, 0.6) is 5.75 Å². The Morgan fingerprint density at radius 3 is 2.61 bits per heavy atom. The van der Waals surface area contributed by atoms with Crippen molar-refractivity contribution in [2.24, 2.45) is 0 Å². The van der Waals surface area contributed by atoms with E-state index in [9.17, 15) is 9.18 Å². The zero-order valence-electron chi connectivity index (χ0n) is 15.1. The lowest BCUT2D eigenvalue weighted by Crippen LogP contribution is -2.48. The molecule has 3 rings (SSSR count). The monoisotopic (exact) mass is 427 g/mol. The molecule has 8 heteroatoms. The van der Waals surface area contributed by atoms with E-state index in [1.54, 1.807) is 23.1 Å². The van der Waals surface area contributed by atoms with Crippen LogP contribution in [0.2, 0.25) is 10.0 Å². The Kier molecular flexibility index (Phi) is 7.50. The normalized spacial score (nSPS) is 16.8. The molecule has 1 atom stereocenters. The minimum atomic E-state index is -0.354. The van der Waals surface area contributed by atoms with Crippen LogP contribution in [-0.2, 0) is 20.9 Å². The van der Waals surface area contributed by atoms with Crippen molar-refractivity contribution in [2.45, 2.75) is 12.7 Å². The molecule has 0 spiro atoms. The van der Waals surface area contributed by atoms with Gasteiger partial charge in [0.15, 0.2) is 6.61 Å². The summed E-state index contributed by atoms with van der Waals surface area (Å²) >= 11 is 12.3. The number of hydrogen-bond donors (Lipinski definition) is 0. The molecule has 0 radical (unpaired) electrons. The summed E-state index contributed by atoms with van der Waals surface area (Å²) < 4.78 is 29.7. The van der Waals surface area contributed by atoms with Gasteiger partial charge in [0.05, 0.1) is 25.9 Å². The molecule has 28 heavy (non-hydrogen) atoms. The molecule has 0 bridgehead atoms. The largest absolute Gasteiger partial charge is 0.484 e. The van der Waals surface area contributed by atoms with Crippen molar-refractivity contribution in [1.82, 2.24) is 4.90 Å². The summed E-state index contributed by atoms with van der Waals surface area (Å²) in [6.07, 6.45) is -0.246. The topological polar surface area (TPSA) is 48.0 Å². The maximum Gasteiger partial charge on any atom is 0.260 e. The lowest BCUT2D eigenvalue weighted by Gasteiger charge is -2.32. The Hall–Kier alpha value is -1.86. The van der Waals surface area contributed by atoms with Gasteiger partial charge in [-0.1, -0.05) is 29.3 Å². The zero-order valence-corrected chi connectivity index (χ0v) is 16.6. The third-order valence-corrected chi connectivity index (χ3v) is 4.99. The van der Waals surface area contributed by atoms with E-state index < -0.39 is 0 Å². The molecule has 0 N–H and O–H groups in total. The van der Waals surface area contributed by atoms with Gasteiger partial charge in [0.2, 0.25) is 0 Å². The van der Waals surface area contributed by atoms with Crippen molar-refractivity contribution < 1.29 is 23.4 Å². The fourth-order valence-corrected chi connectivity index (χ4v) is 3.28. The molecule has 1 amide bonds. The summed E-state index contributed by atoms with van der Waals surface area (Å²) in [6.45, 7) is 1.77. The van der Waals surface area contributed by atoms with E-state index in [4.69, 9.17) is 37.4 Å². The third-order valence-electron chi connectivity index (χ3n) is 4.28. The van der Waals surface area contributed by atoms with Gasteiger partial charge >= 0.3 is 0 Å². The summed E-state index contributed by atoms with van der Waals surface area (Å²) in [4.78, 5) is 14.0. The van der Waals surface area contributed by atoms with Gasteiger partial charge < -0.3 is 19.1 Å². The van der Waals surface area contributed by atoms with E-state index >= 15 is 0 Å². The fraction of sp³-hybridized carbons (Fsp3) is 0.350. The molecule has 1 saturated heterocycles. The highest BCUT2D eigenvalue weighted by atomic mass is 35.5. The van der Waals surface area contributed by atoms with Crippen LogP contribution in [-0.4, -0.2) is 49.8 Å². The van der Waals surface area contributed by atoms with Crippen LogP contribution in [0.15, 0.2) is 42.5 Å². The second kappa shape index (κ2) is 10.1. The van der Waals surface area contributed by atoms with Gasteiger partial charge in [0.1, 0.15) is 11.6 Å². The molecule has 150 valence electrons. The Labute approximate surface area is 172 Å². The number of amides is 1. The molecule has 0 saturated carbocycles. The Morgan fingerprint density at radius 1 is 1.18 bits per heavy atom. The van der Waals surface area contributed by atoms with E-state index in [-0.39, 0.29) is 31.0 Å². The molecule has 1 fully saturated rings. The number of morpholine rings is 1. The van der Waals surface area contributed by atoms with Gasteiger partial charge in [-0.3, -0.25) is 4.79 Å². The smallest absolute Gasteiger partial charge is 0.260 e. The number of carbonyl (C=O) groups excluding carboxylic acids is 1. The molecule has 1 aliphatic heterocycles. The van der Waals surface area contributed by atoms with Crippen molar-refractivity contribution in [3.05, 3.63) is 63.9 Å². The second-order valence-corrected chi connectivity index (χ2v) is 7.10. The first-order chi connectivity index (χ1) is 13.5. The van der Waals surface area contributed by atoms with Crippen molar-refractivity contribution >= 4 is 29.1 Å². The lowest BCUT2D eigenvalue weighted by molar-refractivity contribution is -0.143. The van der Waals surface area contributed by atoms with Crippen molar-refractivity contribution in [2.75, 3.05) is 32.9 Å². The van der Waals surface area contributed by atoms with Crippen LogP contribution in [0.4, 0.5) is 4.39 Å². The first-order valence-electron chi connectivity index (χ1n) is 8.81. The predicted octanol–water partition coefficient (Wildman–Crippen LogP) is 3.96. The Bertz CT molecular complexity index is 783. The van der Waals surface area contributed by atoms with Crippen LogP contribution < -0.4 is 4.74 Å². The average molecular weight is 428 g/mol. The molecule has 2 aromatic rings. The van der Waals surface area contributed by atoms with Crippen LogP contribution in [0.1, 0.15) is 5.56 Å². The maximum atomic E-state index is 12.9. The molecule has 1 heterocycles. The number of nitrogens with zero attached hydrogens (tertiary/aromatic N) is 1. The summed E-state index contributed by atoms with van der Waals surface area (Å²) in [7, 11) is 0. The number of rotatable bonds is 7. The van der Waals surface area contributed by atoms with E-state index in [1.807, 2.05) is 0 Å². The second-order valence-electron chi connectivity index (χ2n) is 6.29. The number of carbonyl (C=O) groups is 1. The molecule has 1 unspecified atom stereocenters. The fourth-order valence-electron chi connectivity index (χ4n) is 2.78. The summed E-state index contributed by atoms with van der Waals surface area (Å²) in [5.41, 5.74) is 0.724. The van der Waals surface area contributed by atoms with Gasteiger partial charge in [0.25, 0.3) is 5.91 Å². The summed E-state index contributed by atoms with van der Waals surface area (Å²) in [5, 5.41) is 1.10. The first-order valence-corrected chi connectivity index (χ1v) is 9.57. The van der Waals surface area contributed by atoms with Gasteiger partial charge in [-0.2, -0.15) is 0 Å². The number of benzene rings is 2. The van der Waals surface area contributed by atoms with E-state index in [2.05, 4.69) is 0 Å². The molecule has 0 aromatic heterocycles. The predicted molar refractivity (Wildman–Crippen MR) is 104 cm³/mol. The minimum absolute atomic E-state index is 0.117. The number of hydrogen-bond acceptors (Lipinski definition) is 4. The molecule has 0 aliphatic carbocycles. The SMILES string of the molecule is O=C(COc1ccc(F)cc1)N1CCOC(COCc2c(Cl)cccc2Cl)C1. The van der Waals surface area contributed by atoms with Gasteiger partial charge in [-0.05, 0) is 36.4 Å². The van der Waals surface area contributed by atoms with Gasteiger partial charge in [-0.15, -0.1) is 0 Å². The zero-order chi connectivity index (χ0) is 19.9. The van der Waals surface area contributed by atoms with E-state index in [0.717, 1.165) is 5.56 Å². The Morgan fingerprint density at radius 2 is 1.89 bits per heavy atom. The standard InChI is InChI=1S/C20H20Cl2FNO4/c21-18-2-1-3-19(22)17(18)12-26-11-16-10-24(8-9-27-16)20(25)13-28-15-6-4-14(23)5-7-15/h1-7,16H,8-13H2. The molecule has 5 nitrogen and oxygen atoms in total. The summed E-state index contributed by atoms with van der Waals surface area (Å²) in [6, 6.07) is 10.8. The average Bonchev–Trinajstić information content (AvgIpc) is 2.70. The lowest BCUT2D eigenvalue weighted by atomic mass is 10.2. The van der Waals surface area contributed by atoms with Crippen LogP contribution in [0.3, 0.4) is 0 Å². The highest BCUT2D eigenvalue weighted by Crippen LogP contribution is 2.25. The minimum Gasteiger partial charge on any atom is -0.484 e.